The number of rotatable bonds is 3. The molecule has 1 amide bonds. The van der Waals surface area contributed by atoms with E-state index in [4.69, 9.17) is 0 Å². The molecule has 1 spiro atoms. The van der Waals surface area contributed by atoms with Gasteiger partial charge in [-0.25, -0.2) is 0 Å². The lowest BCUT2D eigenvalue weighted by atomic mass is 9.70. The maximum atomic E-state index is 12.5. The molecule has 2 N–H and O–H groups in total. The summed E-state index contributed by atoms with van der Waals surface area (Å²) in [5, 5.41) is 6.86. The second-order valence-corrected chi connectivity index (χ2v) is 6.97. The molecule has 5 heteroatoms. The third-order valence-electron chi connectivity index (χ3n) is 4.71. The third-order valence-corrected chi connectivity index (χ3v) is 5.15. The van der Waals surface area contributed by atoms with Crippen LogP contribution >= 0.6 is 15.9 Å². The van der Waals surface area contributed by atoms with Crippen LogP contribution in [0.1, 0.15) is 49.5 Å². The second kappa shape index (κ2) is 5.53. The van der Waals surface area contributed by atoms with Crippen molar-refractivity contribution in [2.75, 3.05) is 6.54 Å². The summed E-state index contributed by atoms with van der Waals surface area (Å²) in [5.74, 6) is 0.0546. The van der Waals surface area contributed by atoms with Crippen molar-refractivity contribution in [3.8, 4) is 0 Å². The Balaban J connectivity index is 1.66. The van der Waals surface area contributed by atoms with Gasteiger partial charge >= 0.3 is 0 Å². The highest BCUT2D eigenvalue weighted by molar-refractivity contribution is 9.10. The Bertz CT molecular complexity index is 507. The van der Waals surface area contributed by atoms with Crippen molar-refractivity contribution in [1.82, 2.24) is 15.2 Å². The smallest absolute Gasteiger partial charge is 0.268 e. The number of aryl methyl sites for hydroxylation is 1. The molecule has 1 atom stereocenters. The molecule has 1 saturated heterocycles. The molecule has 4 nitrogen and oxygen atoms in total. The predicted octanol–water partition coefficient (Wildman–Crippen LogP) is 2.68. The Labute approximate surface area is 128 Å². The van der Waals surface area contributed by atoms with Crippen molar-refractivity contribution >= 4 is 21.8 Å². The maximum absolute atomic E-state index is 12.5. The van der Waals surface area contributed by atoms with E-state index in [1.807, 2.05) is 16.8 Å². The van der Waals surface area contributed by atoms with E-state index in [1.54, 1.807) is 0 Å². The fraction of sp³-hybridized carbons (Fsp3) is 0.667. The number of amides is 1. The Kier molecular flexibility index (Phi) is 3.91. The Morgan fingerprint density at radius 3 is 3.05 bits per heavy atom. The monoisotopic (exact) mass is 339 g/mol. The fourth-order valence-corrected chi connectivity index (χ4v) is 3.92. The highest BCUT2D eigenvalue weighted by atomic mass is 79.9. The van der Waals surface area contributed by atoms with Gasteiger partial charge in [-0.1, -0.05) is 0 Å². The van der Waals surface area contributed by atoms with Crippen LogP contribution in [0.5, 0.6) is 0 Å². The Hall–Kier alpha value is -0.810. The molecular weight excluding hydrogens is 318 g/mol. The van der Waals surface area contributed by atoms with Gasteiger partial charge in [-0.05, 0) is 67.6 Å². The van der Waals surface area contributed by atoms with Gasteiger partial charge in [-0.2, -0.15) is 0 Å². The predicted molar refractivity (Wildman–Crippen MR) is 82.9 cm³/mol. The summed E-state index contributed by atoms with van der Waals surface area (Å²) in [6.07, 6.45) is 7.91. The molecule has 2 fully saturated rings. The van der Waals surface area contributed by atoms with E-state index in [1.165, 1.54) is 19.3 Å². The molecule has 1 aromatic rings. The van der Waals surface area contributed by atoms with E-state index < -0.39 is 0 Å². The van der Waals surface area contributed by atoms with Crippen LogP contribution in [-0.4, -0.2) is 28.6 Å². The minimum Gasteiger partial charge on any atom is -0.348 e. The molecule has 20 heavy (non-hydrogen) atoms. The highest BCUT2D eigenvalue weighted by Gasteiger charge is 2.41. The lowest BCUT2D eigenvalue weighted by molar-refractivity contribution is 0.0845. The zero-order valence-electron chi connectivity index (χ0n) is 11.9. The lowest BCUT2D eigenvalue weighted by Gasteiger charge is -2.48. The number of halogens is 1. The summed E-state index contributed by atoms with van der Waals surface area (Å²) in [6, 6.07) is 2.21. The molecule has 1 unspecified atom stereocenters. The number of aromatic nitrogens is 1. The van der Waals surface area contributed by atoms with Crippen molar-refractivity contribution in [3.63, 3.8) is 0 Å². The molecule has 0 bridgehead atoms. The fourth-order valence-electron chi connectivity index (χ4n) is 3.45. The third kappa shape index (κ3) is 2.66. The van der Waals surface area contributed by atoms with E-state index in [0.717, 1.165) is 36.1 Å². The van der Waals surface area contributed by atoms with Gasteiger partial charge in [0.15, 0.2) is 0 Å². The normalized spacial score (nSPS) is 24.4. The minimum absolute atomic E-state index is 0.0546. The average Bonchev–Trinajstić information content (AvgIpc) is 2.78. The zero-order chi connectivity index (χ0) is 14.2. The summed E-state index contributed by atoms with van der Waals surface area (Å²) < 4.78 is 2.95. The van der Waals surface area contributed by atoms with Crippen LogP contribution in [0.2, 0.25) is 0 Å². The molecule has 0 radical (unpaired) electrons. The van der Waals surface area contributed by atoms with Crippen LogP contribution in [-0.2, 0) is 6.54 Å². The highest BCUT2D eigenvalue weighted by Crippen LogP contribution is 2.38. The number of carbonyl (C=O) groups excluding carboxylic acids is 1. The topological polar surface area (TPSA) is 46.1 Å². The first-order chi connectivity index (χ1) is 9.62. The van der Waals surface area contributed by atoms with Crippen molar-refractivity contribution in [2.45, 2.75) is 57.2 Å². The van der Waals surface area contributed by atoms with Gasteiger partial charge in [0.05, 0.1) is 0 Å². The van der Waals surface area contributed by atoms with E-state index in [0.29, 0.717) is 11.6 Å². The average molecular weight is 340 g/mol. The van der Waals surface area contributed by atoms with E-state index >= 15 is 0 Å². The van der Waals surface area contributed by atoms with E-state index in [-0.39, 0.29) is 5.91 Å². The van der Waals surface area contributed by atoms with Crippen LogP contribution < -0.4 is 10.6 Å². The van der Waals surface area contributed by atoms with Gasteiger partial charge in [0.2, 0.25) is 0 Å². The number of piperidine rings is 1. The molecule has 110 valence electrons. The van der Waals surface area contributed by atoms with E-state index in [2.05, 4.69) is 33.5 Å². The number of nitrogens with zero attached hydrogens (tertiary/aromatic N) is 1. The molecule has 0 aromatic carbocycles. The molecule has 1 saturated carbocycles. The summed E-state index contributed by atoms with van der Waals surface area (Å²) in [5.41, 5.74) is 1.07. The summed E-state index contributed by atoms with van der Waals surface area (Å²) >= 11 is 3.44. The maximum Gasteiger partial charge on any atom is 0.268 e. The summed E-state index contributed by atoms with van der Waals surface area (Å²) in [7, 11) is 0. The first-order valence-electron chi connectivity index (χ1n) is 7.53. The lowest BCUT2D eigenvalue weighted by Crippen LogP contribution is -2.59. The number of carbonyl (C=O) groups is 1. The standard InChI is InChI=1S/C15H22BrN3O/c1-2-19-10-11(16)8-13(19)14(20)18-12-4-7-17-15(9-12)5-3-6-15/h8,10,12,17H,2-7,9H2,1H3,(H,18,20). The second-order valence-electron chi connectivity index (χ2n) is 6.05. The van der Waals surface area contributed by atoms with Crippen molar-refractivity contribution in [2.24, 2.45) is 0 Å². The number of nitrogens with one attached hydrogen (secondary N) is 2. The van der Waals surface area contributed by atoms with Gasteiger partial charge in [0.1, 0.15) is 5.69 Å². The summed E-state index contributed by atoms with van der Waals surface area (Å²) in [4.78, 5) is 12.5. The quantitative estimate of drug-likeness (QED) is 0.889. The molecule has 1 aliphatic heterocycles. The molecular formula is C15H22BrN3O. The SMILES string of the molecule is CCn1cc(Br)cc1C(=O)NC1CCNC2(CCC2)C1. The van der Waals surface area contributed by atoms with Crippen molar-refractivity contribution in [1.29, 1.82) is 0 Å². The van der Waals surface area contributed by atoms with Crippen molar-refractivity contribution in [3.05, 3.63) is 22.4 Å². The summed E-state index contributed by atoms with van der Waals surface area (Å²) in [6.45, 7) is 3.88. The Morgan fingerprint density at radius 1 is 1.60 bits per heavy atom. The van der Waals surface area contributed by atoms with Crippen molar-refractivity contribution < 1.29 is 4.79 Å². The van der Waals surface area contributed by atoms with Crippen LogP contribution in [0.25, 0.3) is 0 Å². The van der Waals surface area contributed by atoms with Crippen LogP contribution in [0.3, 0.4) is 0 Å². The van der Waals surface area contributed by atoms with Gasteiger partial charge in [0, 0.05) is 28.8 Å². The molecule has 1 aromatic heterocycles. The molecule has 2 heterocycles. The van der Waals surface area contributed by atoms with E-state index in [9.17, 15) is 4.79 Å². The first-order valence-corrected chi connectivity index (χ1v) is 8.33. The first kappa shape index (κ1) is 14.1. The van der Waals surface area contributed by atoms with Gasteiger partial charge in [-0.3, -0.25) is 4.79 Å². The molecule has 2 aliphatic rings. The number of hydrogen-bond donors (Lipinski definition) is 2. The van der Waals surface area contributed by atoms with Gasteiger partial charge in [-0.15, -0.1) is 0 Å². The van der Waals surface area contributed by atoms with Crippen LogP contribution in [0, 0.1) is 0 Å². The Morgan fingerprint density at radius 2 is 2.40 bits per heavy atom. The molecule has 1 aliphatic carbocycles. The minimum atomic E-state index is 0.0546. The van der Waals surface area contributed by atoms with Crippen LogP contribution in [0.15, 0.2) is 16.7 Å². The molecule has 3 rings (SSSR count). The number of hydrogen-bond acceptors (Lipinski definition) is 2. The van der Waals surface area contributed by atoms with Crippen LogP contribution in [0.4, 0.5) is 0 Å². The largest absolute Gasteiger partial charge is 0.348 e. The van der Waals surface area contributed by atoms with Gasteiger partial charge in [0.25, 0.3) is 5.91 Å². The van der Waals surface area contributed by atoms with Gasteiger partial charge < -0.3 is 15.2 Å². The zero-order valence-corrected chi connectivity index (χ0v) is 13.5.